The molecular weight excluding hydrogens is 320 g/mol. The van der Waals surface area contributed by atoms with E-state index in [0.717, 1.165) is 5.56 Å². The van der Waals surface area contributed by atoms with Crippen molar-refractivity contribution < 1.29 is 9.47 Å². The summed E-state index contributed by atoms with van der Waals surface area (Å²) < 4.78 is 12.9. The van der Waals surface area contributed by atoms with Crippen molar-refractivity contribution in [3.63, 3.8) is 0 Å². The lowest BCUT2D eigenvalue weighted by Gasteiger charge is -2.06. The summed E-state index contributed by atoms with van der Waals surface area (Å²) in [5.41, 5.74) is 13.8. The molecule has 130 valence electrons. The van der Waals surface area contributed by atoms with E-state index in [0.29, 0.717) is 43.6 Å². The maximum atomic E-state index is 5.84. The first-order valence-electron chi connectivity index (χ1n) is 7.82. The normalized spacial score (nSPS) is 10.9. The topological polar surface area (TPSA) is 114 Å². The molecule has 2 aromatic heterocycles. The largest absolute Gasteiger partial charge is 0.383 e. The third-order valence-corrected chi connectivity index (χ3v) is 3.47. The Kier molecular flexibility index (Phi) is 5.55. The number of benzene rings is 1. The average molecular weight is 340 g/mol. The molecule has 0 fully saturated rings. The summed E-state index contributed by atoms with van der Waals surface area (Å²) in [5.74, 6) is 0.437. The molecule has 1 aromatic carbocycles. The van der Waals surface area contributed by atoms with E-state index < -0.39 is 0 Å². The highest BCUT2D eigenvalue weighted by molar-refractivity contribution is 5.70. The summed E-state index contributed by atoms with van der Waals surface area (Å²) in [7, 11) is 0. The number of rotatable bonds is 8. The van der Waals surface area contributed by atoms with Gasteiger partial charge in [0.2, 0.25) is 5.95 Å². The second kappa shape index (κ2) is 8.22. The fourth-order valence-corrected chi connectivity index (χ4v) is 2.23. The molecule has 0 saturated heterocycles. The van der Waals surface area contributed by atoms with Crippen LogP contribution in [-0.4, -0.2) is 32.7 Å². The summed E-state index contributed by atoms with van der Waals surface area (Å²) in [6.45, 7) is 1.97. The quantitative estimate of drug-likeness (QED) is 0.600. The molecule has 2 heterocycles. The molecule has 25 heavy (non-hydrogen) atoms. The number of hydrogen-bond acceptors (Lipinski definition) is 7. The van der Waals surface area contributed by atoms with E-state index in [-0.39, 0.29) is 5.95 Å². The van der Waals surface area contributed by atoms with Crippen LogP contribution in [0.2, 0.25) is 0 Å². The number of nitrogens with two attached hydrogens (primary N) is 2. The van der Waals surface area contributed by atoms with Crippen LogP contribution in [0.5, 0.6) is 0 Å². The molecule has 0 atom stereocenters. The Morgan fingerprint density at radius 1 is 1.00 bits per heavy atom. The molecule has 3 rings (SSSR count). The van der Waals surface area contributed by atoms with Crippen molar-refractivity contribution in [1.29, 1.82) is 0 Å². The predicted molar refractivity (Wildman–Crippen MR) is 94.1 cm³/mol. The molecule has 0 aliphatic heterocycles. The number of imidazole rings is 1. The standard InChI is InChI=1S/C17H20N6O2/c18-16-14(8-20-17(19)22-16)15-9-23(11-21-15)12-25-7-6-24-10-13-4-2-1-3-5-13/h1-5,8-9,11H,6-7,10,12H2,(H4,18,19,20,22). The first-order chi connectivity index (χ1) is 12.2. The molecule has 0 spiro atoms. The van der Waals surface area contributed by atoms with Gasteiger partial charge in [-0.3, -0.25) is 0 Å². The number of anilines is 2. The Morgan fingerprint density at radius 2 is 1.80 bits per heavy atom. The number of nitrogens with zero attached hydrogens (tertiary/aromatic N) is 4. The zero-order valence-electron chi connectivity index (χ0n) is 13.7. The van der Waals surface area contributed by atoms with Gasteiger partial charge in [0.25, 0.3) is 0 Å². The van der Waals surface area contributed by atoms with Crippen molar-refractivity contribution in [2.45, 2.75) is 13.3 Å². The van der Waals surface area contributed by atoms with Gasteiger partial charge >= 0.3 is 0 Å². The molecule has 3 aromatic rings. The third kappa shape index (κ3) is 4.75. The highest BCUT2D eigenvalue weighted by Gasteiger charge is 2.08. The van der Waals surface area contributed by atoms with Crippen molar-refractivity contribution in [2.24, 2.45) is 0 Å². The number of hydrogen-bond donors (Lipinski definition) is 2. The van der Waals surface area contributed by atoms with E-state index in [9.17, 15) is 0 Å². The number of aromatic nitrogens is 4. The van der Waals surface area contributed by atoms with Gasteiger partial charge in [0.05, 0.1) is 37.4 Å². The van der Waals surface area contributed by atoms with Crippen molar-refractivity contribution in [3.05, 3.63) is 54.6 Å². The predicted octanol–water partition coefficient (Wildman–Crippen LogP) is 1.70. The monoisotopic (exact) mass is 340 g/mol. The lowest BCUT2D eigenvalue weighted by molar-refractivity contribution is 0.0136. The molecule has 8 nitrogen and oxygen atoms in total. The average Bonchev–Trinajstić information content (AvgIpc) is 3.07. The highest BCUT2D eigenvalue weighted by Crippen LogP contribution is 2.21. The molecule has 0 saturated carbocycles. The SMILES string of the molecule is Nc1ncc(-c2cn(COCCOCc3ccccc3)cn2)c(N)n1. The lowest BCUT2D eigenvalue weighted by Crippen LogP contribution is -2.07. The summed E-state index contributed by atoms with van der Waals surface area (Å²) >= 11 is 0. The molecule has 4 N–H and O–H groups in total. The van der Waals surface area contributed by atoms with E-state index in [2.05, 4.69) is 15.0 Å². The van der Waals surface area contributed by atoms with Crippen molar-refractivity contribution in [2.75, 3.05) is 24.7 Å². The lowest BCUT2D eigenvalue weighted by atomic mass is 10.2. The summed E-state index contributed by atoms with van der Waals surface area (Å²) in [6, 6.07) is 10.0. The number of ether oxygens (including phenoxy) is 2. The van der Waals surface area contributed by atoms with Crippen molar-refractivity contribution >= 4 is 11.8 Å². The van der Waals surface area contributed by atoms with E-state index >= 15 is 0 Å². The first-order valence-corrected chi connectivity index (χ1v) is 7.82. The fraction of sp³-hybridized carbons (Fsp3) is 0.235. The van der Waals surface area contributed by atoms with Crippen LogP contribution in [-0.2, 0) is 22.8 Å². The van der Waals surface area contributed by atoms with Crippen LogP contribution in [0.15, 0.2) is 49.1 Å². The van der Waals surface area contributed by atoms with Crippen molar-refractivity contribution in [1.82, 2.24) is 19.5 Å². The Bertz CT molecular complexity index is 806. The van der Waals surface area contributed by atoms with E-state index in [4.69, 9.17) is 20.9 Å². The second-order valence-electron chi connectivity index (χ2n) is 5.38. The van der Waals surface area contributed by atoms with Gasteiger partial charge in [0.1, 0.15) is 12.5 Å². The Morgan fingerprint density at radius 3 is 2.60 bits per heavy atom. The summed E-state index contributed by atoms with van der Waals surface area (Å²) in [6.07, 6.45) is 5.04. The minimum absolute atomic E-state index is 0.138. The Labute approximate surface area is 145 Å². The van der Waals surface area contributed by atoms with Crippen LogP contribution in [0.1, 0.15) is 5.56 Å². The summed E-state index contributed by atoms with van der Waals surface area (Å²) in [4.78, 5) is 12.1. The third-order valence-electron chi connectivity index (χ3n) is 3.47. The zero-order chi connectivity index (χ0) is 17.5. The number of nitrogen functional groups attached to an aromatic ring is 2. The molecule has 0 radical (unpaired) electrons. The Balaban J connectivity index is 1.41. The van der Waals surface area contributed by atoms with Gasteiger partial charge < -0.3 is 25.5 Å². The minimum Gasteiger partial charge on any atom is -0.383 e. The van der Waals surface area contributed by atoms with Crippen LogP contribution in [0.3, 0.4) is 0 Å². The fourth-order valence-electron chi connectivity index (χ4n) is 2.23. The second-order valence-corrected chi connectivity index (χ2v) is 5.38. The van der Waals surface area contributed by atoms with Gasteiger partial charge in [0.15, 0.2) is 0 Å². The minimum atomic E-state index is 0.138. The van der Waals surface area contributed by atoms with Gasteiger partial charge in [0, 0.05) is 12.4 Å². The maximum Gasteiger partial charge on any atom is 0.221 e. The van der Waals surface area contributed by atoms with Crippen molar-refractivity contribution in [3.8, 4) is 11.3 Å². The van der Waals surface area contributed by atoms with Gasteiger partial charge in [-0.25, -0.2) is 9.97 Å². The zero-order valence-corrected chi connectivity index (χ0v) is 13.7. The van der Waals surface area contributed by atoms with E-state index in [1.807, 2.05) is 41.1 Å². The molecule has 0 aliphatic carbocycles. The molecule has 8 heteroatoms. The Hall–Kier alpha value is -2.97. The molecule has 0 bridgehead atoms. The molecular formula is C17H20N6O2. The smallest absolute Gasteiger partial charge is 0.221 e. The highest BCUT2D eigenvalue weighted by atomic mass is 16.5. The van der Waals surface area contributed by atoms with Gasteiger partial charge in [-0.15, -0.1) is 0 Å². The van der Waals surface area contributed by atoms with Crippen LogP contribution >= 0.6 is 0 Å². The van der Waals surface area contributed by atoms with Gasteiger partial charge in [-0.05, 0) is 5.56 Å². The maximum absolute atomic E-state index is 5.84. The molecule has 0 unspecified atom stereocenters. The molecule has 0 aliphatic rings. The van der Waals surface area contributed by atoms with E-state index in [1.54, 1.807) is 12.5 Å². The van der Waals surface area contributed by atoms with Crippen LogP contribution in [0.4, 0.5) is 11.8 Å². The van der Waals surface area contributed by atoms with Crippen LogP contribution in [0, 0.1) is 0 Å². The summed E-state index contributed by atoms with van der Waals surface area (Å²) in [5, 5.41) is 0. The molecule has 0 amide bonds. The van der Waals surface area contributed by atoms with E-state index in [1.165, 1.54) is 0 Å². The van der Waals surface area contributed by atoms with Gasteiger partial charge in [-0.2, -0.15) is 4.98 Å². The first kappa shape index (κ1) is 16.9. The van der Waals surface area contributed by atoms with Gasteiger partial charge in [-0.1, -0.05) is 30.3 Å². The van der Waals surface area contributed by atoms with Crippen LogP contribution in [0.25, 0.3) is 11.3 Å². The van der Waals surface area contributed by atoms with Crippen LogP contribution < -0.4 is 11.5 Å².